The molecule has 0 spiro atoms. The van der Waals surface area contributed by atoms with Crippen LogP contribution in [0.4, 0.5) is 5.13 Å². The molecule has 0 saturated carbocycles. The number of carbonyl (C=O) groups excluding carboxylic acids is 1. The van der Waals surface area contributed by atoms with Crippen LogP contribution in [-0.2, 0) is 17.8 Å². The number of thiazole rings is 1. The summed E-state index contributed by atoms with van der Waals surface area (Å²) in [5.41, 5.74) is 4.45. The number of nitrogens with zero attached hydrogens (tertiary/aromatic N) is 2. The first-order chi connectivity index (χ1) is 18.4. The van der Waals surface area contributed by atoms with E-state index in [0.717, 1.165) is 40.7 Å². The second kappa shape index (κ2) is 12.7. The van der Waals surface area contributed by atoms with Crippen molar-refractivity contribution >= 4 is 28.3 Å². The number of anilines is 1. The van der Waals surface area contributed by atoms with Crippen LogP contribution in [0, 0.1) is 0 Å². The molecular weight excluding hydrogens is 502 g/mol. The monoisotopic (exact) mass is 531 g/mol. The molecule has 0 radical (unpaired) electrons. The maximum Gasteiger partial charge on any atom is 0.305 e. The second-order valence-electron chi connectivity index (χ2n) is 8.68. The lowest BCUT2D eigenvalue weighted by Crippen LogP contribution is -2.26. The standard InChI is InChI=1S/C29H29N3O5S/c1-37-25-12-4-20(5-13-25)15-17-32(29-31-26(19-38-29)22-8-10-24(33)11-9-22)18-21-2-6-23(7-3-21)28(36)30-16-14-27(34)35/h2-13,19,33H,14-18H2,1H3,(H,30,36)(H,34,35). The van der Waals surface area contributed by atoms with Gasteiger partial charge in [0, 0.05) is 36.1 Å². The van der Waals surface area contributed by atoms with Gasteiger partial charge >= 0.3 is 5.97 Å². The van der Waals surface area contributed by atoms with Crippen LogP contribution >= 0.6 is 11.3 Å². The Morgan fingerprint density at radius 1 is 0.974 bits per heavy atom. The number of carboxylic acids is 1. The molecule has 0 fully saturated rings. The summed E-state index contributed by atoms with van der Waals surface area (Å²) in [4.78, 5) is 30.1. The van der Waals surface area contributed by atoms with Crippen molar-refractivity contribution in [3.8, 4) is 22.8 Å². The molecule has 4 rings (SSSR count). The van der Waals surface area contributed by atoms with Gasteiger partial charge < -0.3 is 25.2 Å². The highest BCUT2D eigenvalue weighted by molar-refractivity contribution is 7.14. The Morgan fingerprint density at radius 3 is 2.32 bits per heavy atom. The third kappa shape index (κ3) is 7.33. The molecule has 0 aliphatic heterocycles. The smallest absolute Gasteiger partial charge is 0.305 e. The number of hydrogen-bond donors (Lipinski definition) is 3. The van der Waals surface area contributed by atoms with Crippen molar-refractivity contribution in [3.63, 3.8) is 0 Å². The lowest BCUT2D eigenvalue weighted by Gasteiger charge is -2.22. The Kier molecular flexibility index (Phi) is 8.94. The third-order valence-electron chi connectivity index (χ3n) is 5.97. The number of carboxylic acid groups (broad SMARTS) is 1. The molecule has 0 aliphatic carbocycles. The number of phenolic OH excluding ortho intramolecular Hbond substituents is 1. The number of phenols is 1. The zero-order chi connectivity index (χ0) is 26.9. The zero-order valence-corrected chi connectivity index (χ0v) is 21.8. The summed E-state index contributed by atoms with van der Waals surface area (Å²) in [6.45, 7) is 1.41. The number of hydrogen-bond acceptors (Lipinski definition) is 7. The molecular formula is C29H29N3O5S. The largest absolute Gasteiger partial charge is 0.508 e. The van der Waals surface area contributed by atoms with Crippen LogP contribution in [-0.4, -0.2) is 47.3 Å². The van der Waals surface area contributed by atoms with Gasteiger partial charge in [0.15, 0.2) is 5.13 Å². The number of aromatic nitrogens is 1. The van der Waals surface area contributed by atoms with Gasteiger partial charge in [-0.05, 0) is 66.1 Å². The molecule has 9 heteroatoms. The lowest BCUT2D eigenvalue weighted by atomic mass is 10.1. The van der Waals surface area contributed by atoms with E-state index >= 15 is 0 Å². The van der Waals surface area contributed by atoms with E-state index in [4.69, 9.17) is 14.8 Å². The van der Waals surface area contributed by atoms with Gasteiger partial charge in [-0.2, -0.15) is 0 Å². The highest BCUT2D eigenvalue weighted by Crippen LogP contribution is 2.29. The average molecular weight is 532 g/mol. The summed E-state index contributed by atoms with van der Waals surface area (Å²) >= 11 is 1.56. The summed E-state index contributed by atoms with van der Waals surface area (Å²) < 4.78 is 5.26. The molecule has 1 heterocycles. The minimum Gasteiger partial charge on any atom is -0.508 e. The predicted octanol–water partition coefficient (Wildman–Crippen LogP) is 4.98. The quantitative estimate of drug-likeness (QED) is 0.236. The fourth-order valence-electron chi connectivity index (χ4n) is 3.84. The van der Waals surface area contributed by atoms with Crippen LogP contribution in [0.3, 0.4) is 0 Å². The number of methoxy groups -OCH3 is 1. The normalized spacial score (nSPS) is 10.7. The number of aliphatic carboxylic acids is 1. The van der Waals surface area contributed by atoms with Gasteiger partial charge in [-0.1, -0.05) is 24.3 Å². The molecule has 4 aromatic rings. The van der Waals surface area contributed by atoms with E-state index in [1.54, 1.807) is 42.7 Å². The Morgan fingerprint density at radius 2 is 1.66 bits per heavy atom. The topological polar surface area (TPSA) is 112 Å². The van der Waals surface area contributed by atoms with Gasteiger partial charge in [0.25, 0.3) is 5.91 Å². The van der Waals surface area contributed by atoms with E-state index in [9.17, 15) is 14.7 Å². The fraction of sp³-hybridized carbons (Fsp3) is 0.207. The van der Waals surface area contributed by atoms with E-state index in [0.29, 0.717) is 12.1 Å². The molecule has 0 atom stereocenters. The minimum atomic E-state index is -0.953. The van der Waals surface area contributed by atoms with Crippen molar-refractivity contribution in [2.24, 2.45) is 0 Å². The number of nitrogens with one attached hydrogen (secondary N) is 1. The summed E-state index contributed by atoms with van der Waals surface area (Å²) in [5, 5.41) is 23.9. The van der Waals surface area contributed by atoms with E-state index in [-0.39, 0.29) is 24.6 Å². The van der Waals surface area contributed by atoms with Crippen molar-refractivity contribution in [1.29, 1.82) is 0 Å². The molecule has 0 aliphatic rings. The van der Waals surface area contributed by atoms with Crippen LogP contribution in [0.15, 0.2) is 78.2 Å². The minimum absolute atomic E-state index is 0.0858. The van der Waals surface area contributed by atoms with Gasteiger partial charge in [0.2, 0.25) is 0 Å². The highest BCUT2D eigenvalue weighted by Gasteiger charge is 2.14. The van der Waals surface area contributed by atoms with Crippen LogP contribution in [0.5, 0.6) is 11.5 Å². The molecule has 38 heavy (non-hydrogen) atoms. The molecule has 0 bridgehead atoms. The number of ether oxygens (including phenoxy) is 1. The molecule has 1 aromatic heterocycles. The Bertz CT molecular complexity index is 1350. The zero-order valence-electron chi connectivity index (χ0n) is 21.0. The predicted molar refractivity (Wildman–Crippen MR) is 148 cm³/mol. The SMILES string of the molecule is COc1ccc(CCN(Cc2ccc(C(=O)NCCC(=O)O)cc2)c2nc(-c3ccc(O)cc3)cs2)cc1. The number of amides is 1. The van der Waals surface area contributed by atoms with E-state index < -0.39 is 5.97 Å². The molecule has 8 nitrogen and oxygen atoms in total. The first-order valence-corrected chi connectivity index (χ1v) is 13.0. The van der Waals surface area contributed by atoms with Gasteiger partial charge in [-0.15, -0.1) is 11.3 Å². The van der Waals surface area contributed by atoms with Crippen LogP contribution in [0.2, 0.25) is 0 Å². The fourth-order valence-corrected chi connectivity index (χ4v) is 4.70. The highest BCUT2D eigenvalue weighted by atomic mass is 32.1. The second-order valence-corrected chi connectivity index (χ2v) is 9.51. The van der Waals surface area contributed by atoms with E-state index in [1.807, 2.05) is 41.8 Å². The molecule has 196 valence electrons. The molecule has 3 aromatic carbocycles. The Balaban J connectivity index is 1.49. The maximum atomic E-state index is 12.3. The Hall–Kier alpha value is -4.37. The summed E-state index contributed by atoms with van der Waals surface area (Å²) in [6, 6.07) is 22.3. The van der Waals surface area contributed by atoms with E-state index in [1.165, 1.54) is 5.56 Å². The Labute approximate surface area is 225 Å². The molecule has 0 saturated heterocycles. The number of aromatic hydroxyl groups is 1. The molecule has 3 N–H and O–H groups in total. The summed E-state index contributed by atoms with van der Waals surface area (Å²) in [6.07, 6.45) is 0.690. The number of rotatable bonds is 12. The van der Waals surface area contributed by atoms with Gasteiger partial charge in [0.05, 0.1) is 19.2 Å². The van der Waals surface area contributed by atoms with Crippen molar-refractivity contribution in [3.05, 3.63) is 94.9 Å². The van der Waals surface area contributed by atoms with Crippen molar-refractivity contribution in [2.45, 2.75) is 19.4 Å². The van der Waals surface area contributed by atoms with Gasteiger partial charge in [-0.25, -0.2) is 4.98 Å². The third-order valence-corrected chi connectivity index (χ3v) is 6.87. The summed E-state index contributed by atoms with van der Waals surface area (Å²) in [5.74, 6) is -0.223. The molecule has 1 amide bonds. The first kappa shape index (κ1) is 26.7. The lowest BCUT2D eigenvalue weighted by molar-refractivity contribution is -0.136. The first-order valence-electron chi connectivity index (χ1n) is 12.1. The van der Waals surface area contributed by atoms with Crippen LogP contribution in [0.1, 0.15) is 27.9 Å². The van der Waals surface area contributed by atoms with E-state index in [2.05, 4.69) is 22.3 Å². The van der Waals surface area contributed by atoms with Crippen LogP contribution in [0.25, 0.3) is 11.3 Å². The van der Waals surface area contributed by atoms with Gasteiger partial charge in [-0.3, -0.25) is 9.59 Å². The number of carbonyl (C=O) groups is 2. The summed E-state index contributed by atoms with van der Waals surface area (Å²) in [7, 11) is 1.65. The van der Waals surface area contributed by atoms with Crippen LogP contribution < -0.4 is 15.0 Å². The maximum absolute atomic E-state index is 12.3. The van der Waals surface area contributed by atoms with Gasteiger partial charge in [0.1, 0.15) is 11.5 Å². The molecule has 0 unspecified atom stereocenters. The van der Waals surface area contributed by atoms with Crippen molar-refractivity contribution in [2.75, 3.05) is 25.1 Å². The number of benzene rings is 3. The average Bonchev–Trinajstić information content (AvgIpc) is 3.42. The van der Waals surface area contributed by atoms with Crippen molar-refractivity contribution in [1.82, 2.24) is 10.3 Å². The van der Waals surface area contributed by atoms with Crippen molar-refractivity contribution < 1.29 is 24.5 Å².